The lowest BCUT2D eigenvalue weighted by Gasteiger charge is -2.24. The molecule has 0 radical (unpaired) electrons. The van der Waals surface area contributed by atoms with E-state index in [1.54, 1.807) is 17.3 Å². The minimum atomic E-state index is -0.587. The van der Waals surface area contributed by atoms with Crippen molar-refractivity contribution in [2.24, 2.45) is 5.92 Å². The molecule has 2 aromatic carbocycles. The molecule has 4 rings (SSSR count). The van der Waals surface area contributed by atoms with Crippen molar-refractivity contribution >= 4 is 28.5 Å². The van der Waals surface area contributed by atoms with E-state index in [0.29, 0.717) is 13.1 Å². The standard InChI is InChI=1S/C25H27N3O3/c1-25(2,3)31-24(30)28-15-20(17-8-5-4-6-9-17)21(16-28)23(29)27-22-11-7-10-18-14-26-13-12-19(18)22/h4-14,20-21H,15-16H2,1-3H3,(H,27,29)/t20-,21+/m1/s1. The molecule has 0 saturated carbocycles. The van der Waals surface area contributed by atoms with Gasteiger partial charge < -0.3 is 15.0 Å². The topological polar surface area (TPSA) is 71.5 Å². The van der Waals surface area contributed by atoms with E-state index in [0.717, 1.165) is 22.0 Å². The Hall–Kier alpha value is -3.41. The number of hydrogen-bond acceptors (Lipinski definition) is 4. The van der Waals surface area contributed by atoms with Crippen LogP contribution in [0.25, 0.3) is 10.8 Å². The Balaban J connectivity index is 1.60. The molecule has 0 spiro atoms. The highest BCUT2D eigenvalue weighted by Crippen LogP contribution is 2.35. The van der Waals surface area contributed by atoms with Gasteiger partial charge in [-0.1, -0.05) is 42.5 Å². The Labute approximate surface area is 182 Å². The second kappa shape index (κ2) is 8.38. The normalized spacial score (nSPS) is 18.7. The van der Waals surface area contributed by atoms with Crippen LogP contribution in [-0.2, 0) is 9.53 Å². The Bertz CT molecular complexity index is 1090. The number of benzene rings is 2. The second-order valence-corrected chi connectivity index (χ2v) is 8.90. The number of nitrogens with one attached hydrogen (secondary N) is 1. The van der Waals surface area contributed by atoms with Crippen molar-refractivity contribution in [2.45, 2.75) is 32.3 Å². The van der Waals surface area contributed by atoms with E-state index >= 15 is 0 Å². The molecular weight excluding hydrogens is 390 g/mol. The molecule has 3 aromatic rings. The first kappa shape index (κ1) is 20.8. The van der Waals surface area contributed by atoms with E-state index in [4.69, 9.17) is 4.74 Å². The summed E-state index contributed by atoms with van der Waals surface area (Å²) in [7, 11) is 0. The number of likely N-dealkylation sites (tertiary alicyclic amines) is 1. The van der Waals surface area contributed by atoms with Crippen molar-refractivity contribution in [2.75, 3.05) is 18.4 Å². The monoisotopic (exact) mass is 417 g/mol. The van der Waals surface area contributed by atoms with Gasteiger partial charge in [-0.05, 0) is 38.5 Å². The number of nitrogens with zero attached hydrogens (tertiary/aromatic N) is 2. The average molecular weight is 418 g/mol. The Morgan fingerprint density at radius 3 is 2.55 bits per heavy atom. The zero-order valence-electron chi connectivity index (χ0n) is 18.0. The third-order valence-corrected chi connectivity index (χ3v) is 5.47. The van der Waals surface area contributed by atoms with E-state index in [2.05, 4.69) is 10.3 Å². The maximum atomic E-state index is 13.4. The molecule has 0 unspecified atom stereocenters. The van der Waals surface area contributed by atoms with Crippen LogP contribution < -0.4 is 5.32 Å². The number of carbonyl (C=O) groups is 2. The number of ether oxygens (including phenoxy) is 1. The fourth-order valence-electron chi connectivity index (χ4n) is 4.04. The Kier molecular flexibility index (Phi) is 5.63. The predicted octanol–water partition coefficient (Wildman–Crippen LogP) is 4.82. The van der Waals surface area contributed by atoms with Gasteiger partial charge in [0, 0.05) is 47.9 Å². The molecule has 6 heteroatoms. The van der Waals surface area contributed by atoms with Gasteiger partial charge in [0.1, 0.15) is 5.60 Å². The van der Waals surface area contributed by atoms with E-state index in [-0.39, 0.29) is 23.8 Å². The summed E-state index contributed by atoms with van der Waals surface area (Å²) in [5, 5.41) is 4.98. The zero-order chi connectivity index (χ0) is 22.0. The summed E-state index contributed by atoms with van der Waals surface area (Å²) in [4.78, 5) is 31.9. The summed E-state index contributed by atoms with van der Waals surface area (Å²) in [6, 6.07) is 17.5. The summed E-state index contributed by atoms with van der Waals surface area (Å²) in [6.45, 7) is 6.28. The van der Waals surface area contributed by atoms with Gasteiger partial charge in [-0.25, -0.2) is 4.79 Å². The number of fused-ring (bicyclic) bond motifs is 1. The number of pyridine rings is 1. The van der Waals surface area contributed by atoms with E-state index in [1.807, 2.05) is 75.4 Å². The number of rotatable bonds is 3. The first-order valence-electron chi connectivity index (χ1n) is 10.5. The molecule has 0 aliphatic carbocycles. The molecule has 2 amide bonds. The lowest BCUT2D eigenvalue weighted by Crippen LogP contribution is -2.36. The van der Waals surface area contributed by atoms with Gasteiger partial charge in [0.05, 0.1) is 5.92 Å². The lowest BCUT2D eigenvalue weighted by atomic mass is 9.88. The molecule has 1 aliphatic rings. The smallest absolute Gasteiger partial charge is 0.410 e. The maximum absolute atomic E-state index is 13.4. The zero-order valence-corrected chi connectivity index (χ0v) is 18.0. The molecule has 1 N–H and O–H groups in total. The fourth-order valence-corrected chi connectivity index (χ4v) is 4.04. The van der Waals surface area contributed by atoms with Gasteiger partial charge in [-0.2, -0.15) is 0 Å². The lowest BCUT2D eigenvalue weighted by molar-refractivity contribution is -0.119. The summed E-state index contributed by atoms with van der Waals surface area (Å²) in [6.07, 6.45) is 3.10. The van der Waals surface area contributed by atoms with Gasteiger partial charge in [-0.3, -0.25) is 9.78 Å². The van der Waals surface area contributed by atoms with Crippen molar-refractivity contribution in [3.8, 4) is 0 Å². The van der Waals surface area contributed by atoms with Crippen molar-refractivity contribution < 1.29 is 14.3 Å². The van der Waals surface area contributed by atoms with Crippen LogP contribution >= 0.6 is 0 Å². The second-order valence-electron chi connectivity index (χ2n) is 8.90. The van der Waals surface area contributed by atoms with E-state index in [9.17, 15) is 9.59 Å². The van der Waals surface area contributed by atoms with Gasteiger partial charge in [0.15, 0.2) is 0 Å². The third-order valence-electron chi connectivity index (χ3n) is 5.47. The molecule has 160 valence electrons. The quantitative estimate of drug-likeness (QED) is 0.663. The summed E-state index contributed by atoms with van der Waals surface area (Å²) in [5.74, 6) is -0.596. The van der Waals surface area contributed by atoms with E-state index < -0.39 is 5.60 Å². The van der Waals surface area contributed by atoms with Crippen LogP contribution in [0.2, 0.25) is 0 Å². The van der Waals surface area contributed by atoms with Gasteiger partial charge in [-0.15, -0.1) is 0 Å². The number of amides is 2. The SMILES string of the molecule is CC(C)(C)OC(=O)N1C[C@H](C(=O)Nc2cccc3cnccc23)[C@@H](c2ccccc2)C1. The highest BCUT2D eigenvalue weighted by Gasteiger charge is 2.41. The van der Waals surface area contributed by atoms with Crippen LogP contribution in [0.5, 0.6) is 0 Å². The number of hydrogen-bond donors (Lipinski definition) is 1. The van der Waals surface area contributed by atoms with Crippen LogP contribution in [0.15, 0.2) is 67.0 Å². The van der Waals surface area contributed by atoms with Gasteiger partial charge in [0.25, 0.3) is 0 Å². The fraction of sp³-hybridized carbons (Fsp3) is 0.320. The largest absolute Gasteiger partial charge is 0.444 e. The van der Waals surface area contributed by atoms with E-state index in [1.165, 1.54) is 0 Å². The van der Waals surface area contributed by atoms with Gasteiger partial charge in [0.2, 0.25) is 5.91 Å². The number of carbonyl (C=O) groups excluding carboxylic acids is 2. The first-order valence-corrected chi connectivity index (χ1v) is 10.5. The van der Waals surface area contributed by atoms with Crippen molar-refractivity contribution in [1.29, 1.82) is 0 Å². The molecule has 1 saturated heterocycles. The minimum absolute atomic E-state index is 0.106. The summed E-state index contributed by atoms with van der Waals surface area (Å²) >= 11 is 0. The third kappa shape index (κ3) is 4.68. The van der Waals surface area contributed by atoms with Gasteiger partial charge >= 0.3 is 6.09 Å². The molecule has 1 fully saturated rings. The van der Waals surface area contributed by atoms with Crippen molar-refractivity contribution in [3.63, 3.8) is 0 Å². The van der Waals surface area contributed by atoms with Crippen LogP contribution in [0.1, 0.15) is 32.3 Å². The number of aromatic nitrogens is 1. The summed E-state index contributed by atoms with van der Waals surface area (Å²) < 4.78 is 5.56. The average Bonchev–Trinajstić information content (AvgIpc) is 3.19. The molecule has 1 aliphatic heterocycles. The molecule has 2 atom stereocenters. The summed E-state index contributed by atoms with van der Waals surface area (Å²) in [5.41, 5.74) is 1.19. The molecule has 2 heterocycles. The highest BCUT2D eigenvalue weighted by atomic mass is 16.6. The molecule has 0 bridgehead atoms. The Morgan fingerprint density at radius 1 is 1.03 bits per heavy atom. The first-order chi connectivity index (χ1) is 14.8. The molecule has 1 aromatic heterocycles. The Morgan fingerprint density at radius 2 is 1.81 bits per heavy atom. The maximum Gasteiger partial charge on any atom is 0.410 e. The van der Waals surface area contributed by atoms with Crippen LogP contribution in [0.3, 0.4) is 0 Å². The van der Waals surface area contributed by atoms with Crippen molar-refractivity contribution in [3.05, 3.63) is 72.6 Å². The predicted molar refractivity (Wildman–Crippen MR) is 121 cm³/mol. The van der Waals surface area contributed by atoms with Crippen molar-refractivity contribution in [1.82, 2.24) is 9.88 Å². The molecule has 31 heavy (non-hydrogen) atoms. The van der Waals surface area contributed by atoms with Crippen LogP contribution in [0.4, 0.5) is 10.5 Å². The molecule has 6 nitrogen and oxygen atoms in total. The van der Waals surface area contributed by atoms with Crippen LogP contribution in [0, 0.1) is 5.92 Å². The minimum Gasteiger partial charge on any atom is -0.444 e. The number of anilines is 1. The highest BCUT2D eigenvalue weighted by molar-refractivity contribution is 6.03. The van der Waals surface area contributed by atoms with Crippen LogP contribution in [-0.4, -0.2) is 40.6 Å². The molecular formula is C25H27N3O3.